The quantitative estimate of drug-likeness (QED) is 0.168. The highest BCUT2D eigenvalue weighted by atomic mass is 32.2. The van der Waals surface area contributed by atoms with E-state index in [1.54, 1.807) is 43.9 Å². The van der Waals surface area contributed by atoms with Gasteiger partial charge >= 0.3 is 6.09 Å². The van der Waals surface area contributed by atoms with Crippen LogP contribution in [0.1, 0.15) is 44.2 Å². The standard InChI is InChI=1S/C34H38F2N4O7S2/c1-34(2,3)47-33(41)39-14-13-26(22-9-7-6-8-10-22)24(18-39)20-46-30-16-28(36)31(17-27(30)35)49(42,43)40(32-37-21-38-48-32)19-23-11-12-25(44-4)15-29(23)45-5/h6-12,15-17,21,24,26H,13-14,18-20H2,1-5H3. The molecule has 0 bridgehead atoms. The number of sulfonamides is 1. The van der Waals surface area contributed by atoms with Crippen LogP contribution in [0.15, 0.2) is 71.9 Å². The molecule has 5 rings (SSSR count). The van der Waals surface area contributed by atoms with Gasteiger partial charge in [0.2, 0.25) is 5.13 Å². The number of anilines is 1. The Kier molecular flexibility index (Phi) is 10.9. The van der Waals surface area contributed by atoms with E-state index in [0.717, 1.165) is 27.5 Å². The highest BCUT2D eigenvalue weighted by molar-refractivity contribution is 7.93. The van der Waals surface area contributed by atoms with E-state index in [1.807, 2.05) is 30.3 Å². The number of carbonyl (C=O) groups excluding carboxylic acids is 1. The average Bonchev–Trinajstić information content (AvgIpc) is 3.61. The molecule has 1 saturated heterocycles. The van der Waals surface area contributed by atoms with Gasteiger partial charge in [-0.3, -0.25) is 0 Å². The average molecular weight is 717 g/mol. The number of halogens is 2. The van der Waals surface area contributed by atoms with Gasteiger partial charge in [0.1, 0.15) is 34.1 Å². The first-order valence-electron chi connectivity index (χ1n) is 15.5. The first-order chi connectivity index (χ1) is 23.3. The van der Waals surface area contributed by atoms with Crippen molar-refractivity contribution in [2.75, 3.05) is 38.2 Å². The SMILES string of the molecule is COc1ccc(CN(c2ncns2)S(=O)(=O)c2cc(F)c(OCC3CN(C(=O)OC(C)(C)C)CCC3c3ccccc3)cc2F)c(OC)c1. The lowest BCUT2D eigenvalue weighted by molar-refractivity contribution is 0.0110. The predicted molar refractivity (Wildman–Crippen MR) is 180 cm³/mol. The minimum Gasteiger partial charge on any atom is -0.497 e. The molecule has 0 saturated carbocycles. The molecule has 2 unspecified atom stereocenters. The normalized spacial score (nSPS) is 16.6. The molecule has 1 aliphatic rings. The Morgan fingerprint density at radius 1 is 1.02 bits per heavy atom. The van der Waals surface area contributed by atoms with E-state index in [0.29, 0.717) is 36.1 Å². The number of hydrogen-bond donors (Lipinski definition) is 0. The molecule has 3 aromatic carbocycles. The van der Waals surface area contributed by atoms with Crippen molar-refractivity contribution >= 4 is 32.8 Å². The highest BCUT2D eigenvalue weighted by Crippen LogP contribution is 2.37. The van der Waals surface area contributed by atoms with Crippen molar-refractivity contribution in [2.45, 2.75) is 50.2 Å². The first kappa shape index (κ1) is 35.8. The Hall–Kier alpha value is -4.50. The van der Waals surface area contributed by atoms with Crippen LogP contribution in [-0.2, 0) is 21.3 Å². The number of amides is 1. The summed E-state index contributed by atoms with van der Waals surface area (Å²) in [4.78, 5) is 17.6. The smallest absolute Gasteiger partial charge is 0.410 e. The van der Waals surface area contributed by atoms with Crippen LogP contribution in [-0.4, -0.2) is 68.3 Å². The number of ether oxygens (including phenoxy) is 4. The van der Waals surface area contributed by atoms with Crippen molar-refractivity contribution in [3.8, 4) is 17.2 Å². The van der Waals surface area contributed by atoms with E-state index < -0.39 is 44.0 Å². The lowest BCUT2D eigenvalue weighted by atomic mass is 9.81. The molecule has 0 N–H and O–H groups in total. The molecule has 1 amide bonds. The fourth-order valence-electron chi connectivity index (χ4n) is 5.64. The maximum Gasteiger partial charge on any atom is 0.410 e. The Labute approximate surface area is 288 Å². The number of benzene rings is 3. The van der Waals surface area contributed by atoms with Gasteiger partial charge in [0.25, 0.3) is 10.0 Å². The molecule has 11 nitrogen and oxygen atoms in total. The van der Waals surface area contributed by atoms with Gasteiger partial charge in [0, 0.05) is 54.3 Å². The third kappa shape index (κ3) is 8.39. The second-order valence-corrected chi connectivity index (χ2v) is 15.0. The van der Waals surface area contributed by atoms with Gasteiger partial charge in [0.05, 0.1) is 27.4 Å². The van der Waals surface area contributed by atoms with Gasteiger partial charge in [-0.1, -0.05) is 30.3 Å². The van der Waals surface area contributed by atoms with E-state index in [2.05, 4.69) is 9.36 Å². The molecule has 1 fully saturated rings. The number of aromatic nitrogens is 2. The molecule has 0 spiro atoms. The van der Waals surface area contributed by atoms with Crippen molar-refractivity contribution in [1.29, 1.82) is 0 Å². The van der Waals surface area contributed by atoms with Crippen molar-refractivity contribution in [3.63, 3.8) is 0 Å². The van der Waals surface area contributed by atoms with Gasteiger partial charge in [-0.15, -0.1) is 0 Å². The van der Waals surface area contributed by atoms with Gasteiger partial charge in [-0.25, -0.2) is 31.3 Å². The largest absolute Gasteiger partial charge is 0.497 e. The van der Waals surface area contributed by atoms with E-state index in [-0.39, 0.29) is 36.7 Å². The van der Waals surface area contributed by atoms with Crippen LogP contribution in [0.4, 0.5) is 18.7 Å². The molecule has 49 heavy (non-hydrogen) atoms. The number of likely N-dealkylation sites (tertiary alicyclic amines) is 1. The molecule has 262 valence electrons. The summed E-state index contributed by atoms with van der Waals surface area (Å²) in [6.45, 7) is 5.67. The molecule has 2 heterocycles. The second kappa shape index (κ2) is 14.9. The summed E-state index contributed by atoms with van der Waals surface area (Å²) in [6, 6.07) is 15.8. The van der Waals surface area contributed by atoms with E-state index >= 15 is 8.78 Å². The Morgan fingerprint density at radius 3 is 2.43 bits per heavy atom. The molecule has 1 aromatic heterocycles. The lowest BCUT2D eigenvalue weighted by Gasteiger charge is -2.39. The number of rotatable bonds is 11. The van der Waals surface area contributed by atoms with Crippen LogP contribution in [0.5, 0.6) is 17.2 Å². The number of piperidine rings is 1. The third-order valence-electron chi connectivity index (χ3n) is 7.99. The van der Waals surface area contributed by atoms with E-state index in [1.165, 1.54) is 20.5 Å². The third-order valence-corrected chi connectivity index (χ3v) is 10.5. The maximum atomic E-state index is 15.7. The molecular formula is C34H38F2N4O7S2. The molecular weight excluding hydrogens is 679 g/mol. The monoisotopic (exact) mass is 716 g/mol. The molecule has 15 heteroatoms. The zero-order valence-electron chi connectivity index (χ0n) is 27.8. The molecule has 4 aromatic rings. The van der Waals surface area contributed by atoms with Crippen LogP contribution in [0, 0.1) is 17.6 Å². The van der Waals surface area contributed by atoms with Crippen molar-refractivity contribution in [1.82, 2.24) is 14.3 Å². The zero-order valence-corrected chi connectivity index (χ0v) is 29.4. The molecule has 0 radical (unpaired) electrons. The summed E-state index contributed by atoms with van der Waals surface area (Å²) >= 11 is 0.776. The predicted octanol–water partition coefficient (Wildman–Crippen LogP) is 6.65. The van der Waals surface area contributed by atoms with Crippen molar-refractivity contribution < 1.29 is 40.9 Å². The molecule has 0 aliphatic carbocycles. The second-order valence-electron chi connectivity index (χ2n) is 12.4. The summed E-state index contributed by atoms with van der Waals surface area (Å²) in [7, 11) is -1.82. The van der Waals surface area contributed by atoms with Crippen molar-refractivity contribution in [2.24, 2.45) is 5.92 Å². The van der Waals surface area contributed by atoms with Gasteiger partial charge in [0.15, 0.2) is 11.6 Å². The van der Waals surface area contributed by atoms with Crippen LogP contribution in [0.2, 0.25) is 0 Å². The number of methoxy groups -OCH3 is 2. The minimum atomic E-state index is -4.72. The van der Waals surface area contributed by atoms with Gasteiger partial charge < -0.3 is 23.8 Å². The number of nitrogens with zero attached hydrogens (tertiary/aromatic N) is 4. The first-order valence-corrected chi connectivity index (χ1v) is 17.7. The van der Waals surface area contributed by atoms with Crippen LogP contribution >= 0.6 is 11.5 Å². The topological polar surface area (TPSA) is 120 Å². The summed E-state index contributed by atoms with van der Waals surface area (Å²) < 4.78 is 86.1. The summed E-state index contributed by atoms with van der Waals surface area (Å²) in [5, 5.41) is -0.0585. The highest BCUT2D eigenvalue weighted by Gasteiger charge is 2.36. The van der Waals surface area contributed by atoms with Crippen LogP contribution < -0.4 is 18.5 Å². The Bertz CT molecular complexity index is 1860. The molecule has 2 atom stereocenters. The summed E-state index contributed by atoms with van der Waals surface area (Å²) in [6.07, 6.45) is 1.30. The lowest BCUT2D eigenvalue weighted by Crippen LogP contribution is -2.46. The van der Waals surface area contributed by atoms with Crippen LogP contribution in [0.3, 0.4) is 0 Å². The van der Waals surface area contributed by atoms with Crippen molar-refractivity contribution in [3.05, 3.63) is 89.8 Å². The fraction of sp³-hybridized carbons (Fsp3) is 0.382. The van der Waals surface area contributed by atoms with E-state index in [4.69, 9.17) is 18.9 Å². The van der Waals surface area contributed by atoms with E-state index in [9.17, 15) is 13.2 Å². The van der Waals surface area contributed by atoms with Gasteiger partial charge in [-0.2, -0.15) is 4.37 Å². The summed E-state index contributed by atoms with van der Waals surface area (Å²) in [5.74, 6) is -2.29. The molecule has 1 aliphatic heterocycles. The van der Waals surface area contributed by atoms with Gasteiger partial charge in [-0.05, 0) is 50.8 Å². The van der Waals surface area contributed by atoms with Crippen LogP contribution in [0.25, 0.3) is 0 Å². The number of carbonyl (C=O) groups is 1. The summed E-state index contributed by atoms with van der Waals surface area (Å²) in [5.41, 5.74) is 0.760. The zero-order chi connectivity index (χ0) is 35.3. The Balaban J connectivity index is 1.40. The minimum absolute atomic E-state index is 0.0390. The number of hydrogen-bond acceptors (Lipinski definition) is 10. The fourth-order valence-corrected chi connectivity index (χ4v) is 7.83. The maximum absolute atomic E-state index is 15.7. The Morgan fingerprint density at radius 2 is 1.78 bits per heavy atom.